The molecule has 3 rings (SSSR count). The van der Waals surface area contributed by atoms with Gasteiger partial charge >= 0.3 is 6.03 Å². The molecule has 4 nitrogen and oxygen atoms in total. The van der Waals surface area contributed by atoms with Crippen LogP contribution in [0.2, 0.25) is 0 Å². The van der Waals surface area contributed by atoms with Crippen LogP contribution in [0.3, 0.4) is 0 Å². The molecule has 2 aromatic heterocycles. The lowest BCUT2D eigenvalue weighted by Crippen LogP contribution is -2.27. The minimum absolute atomic E-state index is 0.192. The Balaban J connectivity index is 1.67. The van der Waals surface area contributed by atoms with Crippen molar-refractivity contribution >= 4 is 34.0 Å². The summed E-state index contributed by atoms with van der Waals surface area (Å²) >= 11 is 1.63. The van der Waals surface area contributed by atoms with Crippen LogP contribution < -0.4 is 10.6 Å². The maximum Gasteiger partial charge on any atom is 0.319 e. The molecule has 0 radical (unpaired) electrons. The van der Waals surface area contributed by atoms with Gasteiger partial charge in [0.2, 0.25) is 0 Å². The van der Waals surface area contributed by atoms with Crippen LogP contribution in [0.1, 0.15) is 4.88 Å². The number of H-pyrrole nitrogens is 1. The molecule has 1 aromatic carbocycles. The summed E-state index contributed by atoms with van der Waals surface area (Å²) < 4.78 is 0. The monoisotopic (exact) mass is 271 g/mol. The molecular weight excluding hydrogens is 258 g/mol. The van der Waals surface area contributed by atoms with E-state index in [0.29, 0.717) is 6.54 Å². The summed E-state index contributed by atoms with van der Waals surface area (Å²) in [7, 11) is 0. The number of hydrogen-bond donors (Lipinski definition) is 3. The summed E-state index contributed by atoms with van der Waals surface area (Å²) in [6, 6.07) is 11.5. The van der Waals surface area contributed by atoms with Crippen molar-refractivity contribution in [1.82, 2.24) is 10.3 Å². The van der Waals surface area contributed by atoms with Crippen LogP contribution in [-0.2, 0) is 6.54 Å². The first kappa shape index (κ1) is 11.8. The highest BCUT2D eigenvalue weighted by atomic mass is 32.1. The van der Waals surface area contributed by atoms with Crippen LogP contribution in [0.4, 0.5) is 10.5 Å². The molecule has 3 aromatic rings. The van der Waals surface area contributed by atoms with Gasteiger partial charge in [0.25, 0.3) is 0 Å². The minimum Gasteiger partial charge on any atom is -0.361 e. The second-order valence-corrected chi connectivity index (χ2v) is 5.16. The summed E-state index contributed by atoms with van der Waals surface area (Å²) in [5.41, 5.74) is 1.82. The zero-order chi connectivity index (χ0) is 13.1. The summed E-state index contributed by atoms with van der Waals surface area (Å²) in [5.74, 6) is 0. The predicted octanol–water partition coefficient (Wildman–Crippen LogP) is 3.55. The molecule has 5 heteroatoms. The number of fused-ring (bicyclic) bond motifs is 1. The number of urea groups is 1. The van der Waals surface area contributed by atoms with E-state index in [-0.39, 0.29) is 6.03 Å². The number of amides is 2. The maximum atomic E-state index is 11.8. The molecule has 0 spiro atoms. The summed E-state index contributed by atoms with van der Waals surface area (Å²) in [6.07, 6.45) is 1.86. The lowest BCUT2D eigenvalue weighted by Gasteiger charge is -2.07. The van der Waals surface area contributed by atoms with E-state index in [4.69, 9.17) is 0 Å². The van der Waals surface area contributed by atoms with Gasteiger partial charge in [0.05, 0.1) is 12.2 Å². The molecular formula is C14H13N3OS. The van der Waals surface area contributed by atoms with Crippen LogP contribution in [-0.4, -0.2) is 11.0 Å². The Morgan fingerprint density at radius 3 is 3.00 bits per heavy atom. The molecule has 2 heterocycles. The van der Waals surface area contributed by atoms with Gasteiger partial charge in [-0.2, -0.15) is 0 Å². The lowest BCUT2D eigenvalue weighted by atomic mass is 10.2. The van der Waals surface area contributed by atoms with Gasteiger partial charge in [-0.25, -0.2) is 4.79 Å². The number of aromatic amines is 1. The fraction of sp³-hybridized carbons (Fsp3) is 0.0714. The fourth-order valence-electron chi connectivity index (χ4n) is 1.94. The Labute approximate surface area is 114 Å². The zero-order valence-electron chi connectivity index (χ0n) is 10.1. The largest absolute Gasteiger partial charge is 0.361 e. The summed E-state index contributed by atoms with van der Waals surface area (Å²) in [5, 5.41) is 8.71. The molecule has 0 fully saturated rings. The van der Waals surface area contributed by atoms with Crippen molar-refractivity contribution in [2.24, 2.45) is 0 Å². The van der Waals surface area contributed by atoms with Gasteiger partial charge in [0.15, 0.2) is 0 Å². The van der Waals surface area contributed by atoms with Crippen molar-refractivity contribution < 1.29 is 4.79 Å². The molecule has 96 valence electrons. The topological polar surface area (TPSA) is 56.9 Å². The van der Waals surface area contributed by atoms with Crippen molar-refractivity contribution in [2.75, 3.05) is 5.32 Å². The van der Waals surface area contributed by atoms with Crippen molar-refractivity contribution in [3.8, 4) is 0 Å². The number of carbonyl (C=O) groups excluding carboxylic acids is 1. The Morgan fingerprint density at radius 2 is 2.16 bits per heavy atom. The molecule has 0 bridgehead atoms. The first-order valence-electron chi connectivity index (χ1n) is 5.96. The molecule has 2 amide bonds. The van der Waals surface area contributed by atoms with Crippen LogP contribution in [0.15, 0.2) is 48.0 Å². The number of rotatable bonds is 3. The smallest absolute Gasteiger partial charge is 0.319 e. The Kier molecular flexibility index (Phi) is 3.20. The van der Waals surface area contributed by atoms with Crippen LogP contribution in [0.25, 0.3) is 10.9 Å². The van der Waals surface area contributed by atoms with Crippen molar-refractivity contribution in [2.45, 2.75) is 6.54 Å². The molecule has 0 atom stereocenters. The average Bonchev–Trinajstić information content (AvgIpc) is 3.08. The highest BCUT2D eigenvalue weighted by Crippen LogP contribution is 2.21. The summed E-state index contributed by atoms with van der Waals surface area (Å²) in [4.78, 5) is 16.1. The third kappa shape index (κ3) is 2.61. The molecule has 0 aliphatic heterocycles. The number of thiophene rings is 1. The van der Waals surface area contributed by atoms with Gasteiger partial charge in [-0.1, -0.05) is 12.1 Å². The van der Waals surface area contributed by atoms with Gasteiger partial charge in [0.1, 0.15) is 0 Å². The van der Waals surface area contributed by atoms with E-state index in [0.717, 1.165) is 21.5 Å². The zero-order valence-corrected chi connectivity index (χ0v) is 11.0. The highest BCUT2D eigenvalue weighted by Gasteiger charge is 2.05. The quantitative estimate of drug-likeness (QED) is 0.670. The van der Waals surface area contributed by atoms with Crippen LogP contribution in [0.5, 0.6) is 0 Å². The van der Waals surface area contributed by atoms with Gasteiger partial charge in [-0.15, -0.1) is 11.3 Å². The van der Waals surface area contributed by atoms with Crippen molar-refractivity contribution in [3.63, 3.8) is 0 Å². The molecule has 0 aliphatic carbocycles. The second-order valence-electron chi connectivity index (χ2n) is 4.13. The minimum atomic E-state index is -0.192. The van der Waals surface area contributed by atoms with Gasteiger partial charge in [-0.3, -0.25) is 0 Å². The molecule has 0 saturated carbocycles. The van der Waals surface area contributed by atoms with Crippen molar-refractivity contribution in [1.29, 1.82) is 0 Å². The molecule has 19 heavy (non-hydrogen) atoms. The van der Waals surface area contributed by atoms with Gasteiger partial charge < -0.3 is 15.6 Å². The molecule has 3 N–H and O–H groups in total. The van der Waals surface area contributed by atoms with Crippen LogP contribution >= 0.6 is 11.3 Å². The predicted molar refractivity (Wildman–Crippen MR) is 78.5 cm³/mol. The van der Waals surface area contributed by atoms with E-state index >= 15 is 0 Å². The van der Waals surface area contributed by atoms with E-state index in [1.807, 2.05) is 48.0 Å². The van der Waals surface area contributed by atoms with Crippen molar-refractivity contribution in [3.05, 3.63) is 52.9 Å². The normalized spacial score (nSPS) is 10.5. The fourth-order valence-corrected chi connectivity index (χ4v) is 2.59. The van der Waals surface area contributed by atoms with E-state index in [2.05, 4.69) is 15.6 Å². The standard InChI is InChI=1S/C14H13N3OS/c18-14(16-9-10-3-2-8-19-10)17-13-5-1-4-12-11(13)6-7-15-12/h1-8,15H,9H2,(H2,16,17,18). The Morgan fingerprint density at radius 1 is 1.21 bits per heavy atom. The third-order valence-corrected chi connectivity index (χ3v) is 3.72. The van der Waals surface area contributed by atoms with Crippen LogP contribution in [0, 0.1) is 0 Å². The SMILES string of the molecule is O=C(NCc1cccs1)Nc1cccc2[nH]ccc12. The van der Waals surface area contributed by atoms with E-state index in [9.17, 15) is 4.79 Å². The summed E-state index contributed by atoms with van der Waals surface area (Å²) in [6.45, 7) is 0.548. The maximum absolute atomic E-state index is 11.8. The lowest BCUT2D eigenvalue weighted by molar-refractivity contribution is 0.252. The number of benzene rings is 1. The number of nitrogens with one attached hydrogen (secondary N) is 3. The second kappa shape index (κ2) is 5.16. The van der Waals surface area contributed by atoms with E-state index < -0.39 is 0 Å². The average molecular weight is 271 g/mol. The first-order valence-corrected chi connectivity index (χ1v) is 6.84. The van der Waals surface area contributed by atoms with Gasteiger partial charge in [0, 0.05) is 22.0 Å². The van der Waals surface area contributed by atoms with Gasteiger partial charge in [-0.05, 0) is 29.6 Å². The number of hydrogen-bond acceptors (Lipinski definition) is 2. The van der Waals surface area contributed by atoms with E-state index in [1.54, 1.807) is 11.3 Å². The highest BCUT2D eigenvalue weighted by molar-refractivity contribution is 7.09. The number of carbonyl (C=O) groups is 1. The number of anilines is 1. The number of aromatic nitrogens is 1. The third-order valence-electron chi connectivity index (χ3n) is 2.85. The van der Waals surface area contributed by atoms with E-state index in [1.165, 1.54) is 0 Å². The first-order chi connectivity index (χ1) is 9.33. The molecule has 0 unspecified atom stereocenters. The molecule has 0 saturated heterocycles. The Bertz CT molecular complexity index is 688. The Hall–Kier alpha value is -2.27. The molecule has 0 aliphatic rings.